The number of benzene rings is 22. The smallest absolute Gasteiger partial charge is 0.0709 e. The number of fused-ring (bicyclic) bond motifs is 28. The summed E-state index contributed by atoms with van der Waals surface area (Å²) in [5.41, 5.74) is 35.3. The Bertz CT molecular complexity index is 10500. The van der Waals surface area contributed by atoms with Crippen LogP contribution in [0.3, 0.4) is 0 Å². The monoisotopic (exact) mass is 1850 g/mol. The summed E-state index contributed by atoms with van der Waals surface area (Å²) in [4.78, 5) is 9.91. The molecule has 31 rings (SSSR count). The predicted octanol–water partition coefficient (Wildman–Crippen LogP) is 36.0. The molecular formula is C137H90N8. The molecule has 1 aliphatic rings. The normalized spacial score (nSPS) is 12.4. The van der Waals surface area contributed by atoms with Crippen LogP contribution in [0.15, 0.2) is 510 Å². The summed E-state index contributed by atoms with van der Waals surface area (Å²) in [6, 6.07) is 183. The van der Waals surface area contributed by atoms with Gasteiger partial charge in [0.05, 0.1) is 89.0 Å². The quantitative estimate of drug-likeness (QED) is 0.137. The number of nitrogens with zero attached hydrogens (tertiary/aromatic N) is 8. The van der Waals surface area contributed by atoms with Gasteiger partial charge in [-0.2, -0.15) is 0 Å². The summed E-state index contributed by atoms with van der Waals surface area (Å²) in [5.74, 6) is 0. The number of hydrogen-bond acceptors (Lipinski definition) is 2. The van der Waals surface area contributed by atoms with Gasteiger partial charge in [-0.15, -0.1) is 0 Å². The van der Waals surface area contributed by atoms with Gasteiger partial charge in [0.2, 0.25) is 0 Å². The zero-order valence-electron chi connectivity index (χ0n) is 79.6. The Morgan fingerprint density at radius 2 is 0.524 bits per heavy atom. The van der Waals surface area contributed by atoms with Gasteiger partial charge in [-0.3, -0.25) is 4.98 Å². The average molecular weight is 1850 g/mol. The molecule has 22 aromatic carbocycles. The lowest BCUT2D eigenvalue weighted by molar-refractivity contribution is 0.661. The number of rotatable bonds is 10. The zero-order chi connectivity index (χ0) is 95.6. The molecule has 30 aromatic rings. The number of pyridine rings is 2. The van der Waals surface area contributed by atoms with E-state index < -0.39 is 0 Å². The van der Waals surface area contributed by atoms with Crippen molar-refractivity contribution in [2.75, 3.05) is 0 Å². The second kappa shape index (κ2) is 33.1. The van der Waals surface area contributed by atoms with Crippen LogP contribution in [-0.4, -0.2) is 37.4 Å². The number of hydrogen-bond donors (Lipinski definition) is 0. The molecule has 8 aromatic heterocycles. The van der Waals surface area contributed by atoms with Gasteiger partial charge in [0.15, 0.2) is 0 Å². The lowest BCUT2D eigenvalue weighted by Gasteiger charge is -2.23. The van der Waals surface area contributed by atoms with Crippen molar-refractivity contribution in [3.05, 3.63) is 521 Å². The molecule has 678 valence electrons. The molecule has 0 fully saturated rings. The number of para-hydroxylation sites is 6. The van der Waals surface area contributed by atoms with Gasteiger partial charge < -0.3 is 27.4 Å². The first-order chi connectivity index (χ1) is 71.7. The Balaban J connectivity index is 0.000000103. The van der Waals surface area contributed by atoms with E-state index in [1.807, 2.05) is 18.3 Å². The minimum Gasteiger partial charge on any atom is -0.309 e. The van der Waals surface area contributed by atoms with Crippen LogP contribution < -0.4 is 0 Å². The lowest BCUT2D eigenvalue weighted by atomic mass is 9.81. The van der Waals surface area contributed by atoms with E-state index in [9.17, 15) is 0 Å². The van der Waals surface area contributed by atoms with Gasteiger partial charge in [-0.05, 0) is 218 Å². The molecule has 0 amide bonds. The van der Waals surface area contributed by atoms with Gasteiger partial charge in [-0.25, -0.2) is 4.98 Å². The highest BCUT2D eigenvalue weighted by atomic mass is 15.0. The van der Waals surface area contributed by atoms with Crippen molar-refractivity contribution in [1.82, 2.24) is 37.4 Å². The first-order valence-corrected chi connectivity index (χ1v) is 50.0. The van der Waals surface area contributed by atoms with E-state index in [1.165, 1.54) is 213 Å². The van der Waals surface area contributed by atoms with E-state index >= 15 is 0 Å². The summed E-state index contributed by atoms with van der Waals surface area (Å²) in [5, 5.41) is 25.4. The van der Waals surface area contributed by atoms with Crippen molar-refractivity contribution in [1.29, 1.82) is 0 Å². The van der Waals surface area contributed by atoms with Gasteiger partial charge in [0.1, 0.15) is 0 Å². The predicted molar refractivity (Wildman–Crippen MR) is 610 cm³/mol. The Labute approximate surface area is 835 Å². The first-order valence-electron chi connectivity index (χ1n) is 50.0. The zero-order valence-corrected chi connectivity index (χ0v) is 79.6. The van der Waals surface area contributed by atoms with Crippen LogP contribution in [0.1, 0.15) is 25.0 Å². The van der Waals surface area contributed by atoms with E-state index in [1.54, 1.807) is 0 Å². The third kappa shape index (κ3) is 13.1. The Morgan fingerprint density at radius 1 is 0.179 bits per heavy atom. The van der Waals surface area contributed by atoms with E-state index in [-0.39, 0.29) is 5.41 Å². The third-order valence-electron chi connectivity index (χ3n) is 30.7. The molecule has 0 N–H and O–H groups in total. The summed E-state index contributed by atoms with van der Waals surface area (Å²) in [7, 11) is 0. The highest BCUT2D eigenvalue weighted by Gasteiger charge is 2.39. The standard InChI is InChI=1S/C47H32N2.2C45H29N3/c1-47(2)38-22-12-10-21-35(38)45-39(47)26-30-15-7-9-19-33(30)46(45)49-40-23-13-11-20-34(40)36-27-37-43(28-42(36)49)48(31-16-4-3-5-17-31)41-25-24-29-14-6-8-18-32(29)44(37)41;1-3-13-31(14-4-1)39-19-11-20-40(46-39)32-22-25-34(26-23-32)47-41-21-10-9-18-36(41)37-28-38-44(29-43(37)47)48(33-15-5-2-6-16-33)42-27-24-30-12-7-8-17-35(30)45(38)42;1-3-12-30(13-4-1)33-22-24-40(46-29-33)32-15-11-18-35(26-32)48-41-21-10-9-20-37(41)38-27-39-44(28-43(38)48)47(34-16-5-2-6-17-34)42-25-23-31-14-7-8-19-36(31)45(39)42/h3-28H,1-2H3;2*1-29H. The fourth-order valence-electron chi connectivity index (χ4n) is 24.1. The topological polar surface area (TPSA) is 55.4 Å². The van der Waals surface area contributed by atoms with Crippen molar-refractivity contribution in [3.8, 4) is 90.2 Å². The van der Waals surface area contributed by atoms with Crippen molar-refractivity contribution < 1.29 is 0 Å². The van der Waals surface area contributed by atoms with E-state index in [4.69, 9.17) is 9.97 Å². The van der Waals surface area contributed by atoms with Crippen LogP contribution in [0.2, 0.25) is 0 Å². The Kier molecular flexibility index (Phi) is 18.9. The summed E-state index contributed by atoms with van der Waals surface area (Å²) < 4.78 is 14.7. The molecule has 145 heavy (non-hydrogen) atoms. The minimum atomic E-state index is -0.114. The van der Waals surface area contributed by atoms with Crippen LogP contribution in [0.25, 0.3) is 264 Å². The SMILES string of the molecule is CC1(C)c2ccccc2-c2c1cc1ccccc1c2-n1c2ccccc2c2cc3c4c5ccccc5ccc4n(-c4ccccc4)c3cc21.c1ccc(-c2ccc(-c3cccc(-n4c5ccccc5c5cc6c7c8ccccc8ccc7n(-c7ccccc7)c6cc54)c3)nc2)cc1.c1ccc(-c2cccc(-c3ccc(-n4c5ccccc5c5cc6c7c8ccccc8ccc7n(-c7ccccc7)c6cc54)cc3)n2)cc1. The maximum Gasteiger partial charge on any atom is 0.0709 e. The maximum atomic E-state index is 5.01. The van der Waals surface area contributed by atoms with Crippen molar-refractivity contribution in [3.63, 3.8) is 0 Å². The molecule has 8 heterocycles. The summed E-state index contributed by atoms with van der Waals surface area (Å²) in [6.45, 7) is 4.77. The van der Waals surface area contributed by atoms with Gasteiger partial charge in [-0.1, -0.05) is 360 Å². The Hall–Kier alpha value is -19.0. The average Bonchev–Trinajstić information content (AvgIpc) is 1.52. The molecular weight excluding hydrogens is 1760 g/mol. The molecule has 1 aliphatic carbocycles. The molecule has 0 radical (unpaired) electrons. The summed E-state index contributed by atoms with van der Waals surface area (Å²) >= 11 is 0. The maximum absolute atomic E-state index is 5.01. The molecule has 0 bridgehead atoms. The van der Waals surface area contributed by atoms with Crippen LogP contribution in [-0.2, 0) is 5.41 Å². The van der Waals surface area contributed by atoms with Crippen LogP contribution >= 0.6 is 0 Å². The molecule has 8 heteroatoms. The van der Waals surface area contributed by atoms with E-state index in [2.05, 4.69) is 533 Å². The molecule has 0 spiro atoms. The fourth-order valence-corrected chi connectivity index (χ4v) is 24.1. The first kappa shape index (κ1) is 83.0. The lowest BCUT2D eigenvalue weighted by Crippen LogP contribution is -2.15. The summed E-state index contributed by atoms with van der Waals surface area (Å²) in [6.07, 6.45) is 1.97. The second-order valence-electron chi connectivity index (χ2n) is 39.0. The van der Waals surface area contributed by atoms with Gasteiger partial charge >= 0.3 is 0 Å². The third-order valence-corrected chi connectivity index (χ3v) is 30.7. The van der Waals surface area contributed by atoms with E-state index in [0.717, 1.165) is 62.1 Å². The van der Waals surface area contributed by atoms with Crippen molar-refractivity contribution >= 4 is 174 Å². The highest BCUT2D eigenvalue weighted by molar-refractivity contribution is 6.29. The van der Waals surface area contributed by atoms with Gasteiger partial charge in [0.25, 0.3) is 0 Å². The molecule has 0 saturated carbocycles. The van der Waals surface area contributed by atoms with E-state index in [0.29, 0.717) is 0 Å². The number of aromatic nitrogens is 8. The molecule has 0 unspecified atom stereocenters. The van der Waals surface area contributed by atoms with Crippen molar-refractivity contribution in [2.45, 2.75) is 19.3 Å². The largest absolute Gasteiger partial charge is 0.309 e. The molecule has 0 aliphatic heterocycles. The fraction of sp³-hybridized carbons (Fsp3) is 0.0219. The van der Waals surface area contributed by atoms with Crippen LogP contribution in [0.4, 0.5) is 0 Å². The van der Waals surface area contributed by atoms with Crippen LogP contribution in [0, 0.1) is 0 Å². The molecule has 8 nitrogen and oxygen atoms in total. The Morgan fingerprint density at radius 3 is 1.00 bits per heavy atom. The molecule has 0 saturated heterocycles. The van der Waals surface area contributed by atoms with Crippen LogP contribution in [0.5, 0.6) is 0 Å². The second-order valence-corrected chi connectivity index (χ2v) is 39.0. The minimum absolute atomic E-state index is 0.114. The molecule has 0 atom stereocenters. The van der Waals surface area contributed by atoms with Gasteiger partial charge in [0, 0.05) is 138 Å². The van der Waals surface area contributed by atoms with Crippen molar-refractivity contribution in [2.24, 2.45) is 0 Å². The highest BCUT2D eigenvalue weighted by Crippen LogP contribution is 2.56.